The highest BCUT2D eigenvalue weighted by atomic mass is 16.5. The van der Waals surface area contributed by atoms with Gasteiger partial charge in [-0.25, -0.2) is 15.0 Å². The van der Waals surface area contributed by atoms with Crippen LogP contribution in [0, 0.1) is 0 Å². The van der Waals surface area contributed by atoms with Gasteiger partial charge in [0.1, 0.15) is 18.2 Å². The average molecular weight is 385 g/mol. The summed E-state index contributed by atoms with van der Waals surface area (Å²) in [6.07, 6.45) is 4.95. The number of morpholine rings is 1. The molecule has 4 aromatic heterocycles. The molecule has 1 aliphatic heterocycles. The average Bonchev–Trinajstić information content (AvgIpc) is 2.80. The summed E-state index contributed by atoms with van der Waals surface area (Å²) in [6, 6.07) is 11.7. The van der Waals surface area contributed by atoms with Gasteiger partial charge in [0.25, 0.3) is 0 Å². The Labute approximate surface area is 167 Å². The van der Waals surface area contributed by atoms with Crippen molar-refractivity contribution in [2.75, 3.05) is 25.4 Å². The van der Waals surface area contributed by atoms with Gasteiger partial charge in [0.2, 0.25) is 0 Å². The summed E-state index contributed by atoms with van der Waals surface area (Å²) >= 11 is 0. The van der Waals surface area contributed by atoms with E-state index in [2.05, 4.69) is 25.3 Å². The summed E-state index contributed by atoms with van der Waals surface area (Å²) in [5.74, 6) is 0.380. The maximum absolute atomic E-state index is 6.13. The molecule has 0 spiro atoms. The first kappa shape index (κ1) is 17.6. The number of nitrogens with one attached hydrogen (secondary N) is 1. The van der Waals surface area contributed by atoms with Crippen LogP contribution in [-0.4, -0.2) is 44.6 Å². The Hall–Kier alpha value is -3.49. The molecule has 0 amide bonds. The minimum absolute atomic E-state index is 0.0287. The summed E-state index contributed by atoms with van der Waals surface area (Å²) in [7, 11) is 0. The molecule has 1 atom stereocenters. The number of nitrogen functional groups attached to an aromatic ring is 1. The lowest BCUT2D eigenvalue weighted by atomic mass is 10.0. The molecule has 144 valence electrons. The number of nitrogens with two attached hydrogens (primary N) is 1. The van der Waals surface area contributed by atoms with Crippen molar-refractivity contribution in [1.29, 1.82) is 0 Å². The number of hydrogen-bond donors (Lipinski definition) is 2. The van der Waals surface area contributed by atoms with E-state index in [0.717, 1.165) is 41.3 Å². The van der Waals surface area contributed by atoms with Crippen LogP contribution in [0.4, 0.5) is 5.82 Å². The fourth-order valence-corrected chi connectivity index (χ4v) is 3.46. The van der Waals surface area contributed by atoms with E-state index >= 15 is 0 Å². The maximum Gasteiger partial charge on any atom is 0.165 e. The largest absolute Gasteiger partial charge is 0.383 e. The normalized spacial score (nSPS) is 16.8. The van der Waals surface area contributed by atoms with Gasteiger partial charge in [-0.3, -0.25) is 9.97 Å². The van der Waals surface area contributed by atoms with Gasteiger partial charge in [-0.05, 0) is 30.3 Å². The second-order valence-electron chi connectivity index (χ2n) is 6.76. The molecule has 1 fully saturated rings. The Balaban J connectivity index is 1.60. The molecule has 3 N–H and O–H groups in total. The molecule has 5 heterocycles. The molecule has 1 saturated heterocycles. The Morgan fingerprint density at radius 3 is 2.76 bits per heavy atom. The predicted octanol–water partition coefficient (Wildman–Crippen LogP) is 2.39. The summed E-state index contributed by atoms with van der Waals surface area (Å²) in [5, 5.41) is 4.02. The third-order valence-electron chi connectivity index (χ3n) is 4.91. The van der Waals surface area contributed by atoms with Crippen LogP contribution in [0.3, 0.4) is 0 Å². The van der Waals surface area contributed by atoms with Crippen LogP contribution >= 0.6 is 0 Å². The predicted molar refractivity (Wildman–Crippen MR) is 110 cm³/mol. The molecule has 0 radical (unpaired) electrons. The Bertz CT molecular complexity index is 1140. The van der Waals surface area contributed by atoms with Crippen molar-refractivity contribution in [2.24, 2.45) is 0 Å². The first-order valence-corrected chi connectivity index (χ1v) is 9.41. The van der Waals surface area contributed by atoms with Crippen LogP contribution < -0.4 is 11.1 Å². The van der Waals surface area contributed by atoms with Crippen LogP contribution in [0.5, 0.6) is 0 Å². The van der Waals surface area contributed by atoms with E-state index in [1.54, 1.807) is 6.20 Å². The van der Waals surface area contributed by atoms with Gasteiger partial charge in [0.05, 0.1) is 29.1 Å². The van der Waals surface area contributed by atoms with Crippen molar-refractivity contribution in [3.8, 4) is 22.5 Å². The Morgan fingerprint density at radius 1 is 1.03 bits per heavy atom. The van der Waals surface area contributed by atoms with Crippen LogP contribution in [0.2, 0.25) is 0 Å². The van der Waals surface area contributed by atoms with Crippen LogP contribution in [0.25, 0.3) is 33.5 Å². The van der Waals surface area contributed by atoms with E-state index in [9.17, 15) is 0 Å². The number of nitrogens with zero attached hydrogens (tertiary/aromatic N) is 5. The fourth-order valence-electron chi connectivity index (χ4n) is 3.46. The molecule has 0 aliphatic carbocycles. The summed E-state index contributed by atoms with van der Waals surface area (Å²) in [6.45, 7) is 2.33. The number of ether oxygens (including phenoxy) is 1. The molecular formula is C21H19N7O. The monoisotopic (exact) mass is 385 g/mol. The van der Waals surface area contributed by atoms with E-state index in [1.807, 2.05) is 42.6 Å². The Morgan fingerprint density at radius 2 is 2.00 bits per heavy atom. The standard InChI is InChI=1S/C21H19N7O/c22-20-19-14(15-3-1-2-6-24-15)9-17(28-21(19)27-12-26-20)13-4-5-16(25-10-13)18-11-23-7-8-29-18/h1-6,9-10,12,18,23H,7-8,11H2,(H2,22,26,27,28). The van der Waals surface area contributed by atoms with Gasteiger partial charge in [-0.15, -0.1) is 0 Å². The number of fused-ring (bicyclic) bond motifs is 1. The van der Waals surface area contributed by atoms with Gasteiger partial charge in [-0.1, -0.05) is 6.07 Å². The Kier molecular flexibility index (Phi) is 4.55. The zero-order valence-corrected chi connectivity index (χ0v) is 15.6. The second-order valence-corrected chi connectivity index (χ2v) is 6.76. The van der Waals surface area contributed by atoms with Gasteiger partial charge in [0, 0.05) is 36.6 Å². The number of anilines is 1. The fraction of sp³-hybridized carbons (Fsp3) is 0.190. The van der Waals surface area contributed by atoms with Crippen LogP contribution in [-0.2, 0) is 4.74 Å². The molecule has 0 aromatic carbocycles. The van der Waals surface area contributed by atoms with Gasteiger partial charge < -0.3 is 15.8 Å². The molecule has 0 saturated carbocycles. The van der Waals surface area contributed by atoms with Gasteiger partial charge in [-0.2, -0.15) is 0 Å². The molecule has 29 heavy (non-hydrogen) atoms. The first-order chi connectivity index (χ1) is 14.3. The molecule has 1 aliphatic rings. The number of aromatic nitrogens is 5. The summed E-state index contributed by atoms with van der Waals surface area (Å²) in [5.41, 5.74) is 10.8. The minimum atomic E-state index is -0.0287. The molecule has 1 unspecified atom stereocenters. The smallest absolute Gasteiger partial charge is 0.165 e. The highest BCUT2D eigenvalue weighted by molar-refractivity contribution is 6.00. The number of rotatable bonds is 3. The van der Waals surface area contributed by atoms with E-state index in [0.29, 0.717) is 23.5 Å². The zero-order chi connectivity index (χ0) is 19.6. The maximum atomic E-state index is 6.13. The minimum Gasteiger partial charge on any atom is -0.383 e. The molecule has 8 nitrogen and oxygen atoms in total. The zero-order valence-electron chi connectivity index (χ0n) is 15.6. The summed E-state index contributed by atoms with van der Waals surface area (Å²) in [4.78, 5) is 22.2. The van der Waals surface area contributed by atoms with E-state index in [1.165, 1.54) is 6.33 Å². The van der Waals surface area contributed by atoms with Crippen molar-refractivity contribution in [1.82, 2.24) is 30.2 Å². The third kappa shape index (κ3) is 3.39. The topological polar surface area (TPSA) is 112 Å². The molecule has 8 heteroatoms. The van der Waals surface area contributed by atoms with E-state index in [4.69, 9.17) is 15.5 Å². The molecule has 4 aromatic rings. The van der Waals surface area contributed by atoms with Crippen molar-refractivity contribution >= 4 is 16.9 Å². The quantitative estimate of drug-likeness (QED) is 0.553. The first-order valence-electron chi connectivity index (χ1n) is 9.41. The summed E-state index contributed by atoms with van der Waals surface area (Å²) < 4.78 is 5.78. The third-order valence-corrected chi connectivity index (χ3v) is 4.91. The van der Waals surface area contributed by atoms with E-state index in [-0.39, 0.29) is 6.10 Å². The van der Waals surface area contributed by atoms with Crippen LogP contribution in [0.15, 0.2) is 55.1 Å². The number of pyridine rings is 3. The van der Waals surface area contributed by atoms with Crippen molar-refractivity contribution in [2.45, 2.75) is 6.10 Å². The lowest BCUT2D eigenvalue weighted by Crippen LogP contribution is -2.33. The van der Waals surface area contributed by atoms with Gasteiger partial charge in [0.15, 0.2) is 5.65 Å². The van der Waals surface area contributed by atoms with Crippen molar-refractivity contribution in [3.63, 3.8) is 0 Å². The van der Waals surface area contributed by atoms with E-state index < -0.39 is 0 Å². The highest BCUT2D eigenvalue weighted by Crippen LogP contribution is 2.32. The number of hydrogen-bond acceptors (Lipinski definition) is 8. The SMILES string of the molecule is Nc1ncnc2nc(-c3ccc(C4CNCCO4)nc3)cc(-c3ccccn3)c12. The van der Waals surface area contributed by atoms with Crippen molar-refractivity contribution in [3.05, 3.63) is 60.8 Å². The lowest BCUT2D eigenvalue weighted by molar-refractivity contribution is 0.0250. The lowest BCUT2D eigenvalue weighted by Gasteiger charge is -2.23. The second kappa shape index (κ2) is 7.50. The molecular weight excluding hydrogens is 366 g/mol. The molecule has 0 bridgehead atoms. The highest BCUT2D eigenvalue weighted by Gasteiger charge is 2.18. The molecule has 5 rings (SSSR count). The van der Waals surface area contributed by atoms with Crippen molar-refractivity contribution < 1.29 is 4.74 Å². The van der Waals surface area contributed by atoms with Crippen LogP contribution in [0.1, 0.15) is 11.8 Å². The van der Waals surface area contributed by atoms with Gasteiger partial charge >= 0.3 is 0 Å².